The van der Waals surface area contributed by atoms with Gasteiger partial charge in [0, 0.05) is 29.1 Å². The summed E-state index contributed by atoms with van der Waals surface area (Å²) in [5.74, 6) is -1.74. The molecule has 4 N–H and O–H groups in total. The van der Waals surface area contributed by atoms with Crippen molar-refractivity contribution < 1.29 is 19.8 Å². The third kappa shape index (κ3) is 5.24. The lowest BCUT2D eigenvalue weighted by Gasteiger charge is -2.23. The molecule has 1 aliphatic heterocycles. The Bertz CT molecular complexity index is 717. The van der Waals surface area contributed by atoms with Crippen molar-refractivity contribution in [1.29, 1.82) is 0 Å². The van der Waals surface area contributed by atoms with Gasteiger partial charge in [-0.3, -0.25) is 0 Å². The van der Waals surface area contributed by atoms with Crippen molar-refractivity contribution in [2.45, 2.75) is 37.1 Å². The molecule has 0 saturated carbocycles. The molecule has 1 atom stereocenters. The molecule has 1 unspecified atom stereocenters. The molecule has 2 aromatic rings. The van der Waals surface area contributed by atoms with Gasteiger partial charge in [0.25, 0.3) is 0 Å². The van der Waals surface area contributed by atoms with E-state index in [1.807, 2.05) is 11.8 Å². The number of carbonyl (C=O) groups is 2. The van der Waals surface area contributed by atoms with Crippen LogP contribution in [0.15, 0.2) is 29.3 Å². The Morgan fingerprint density at radius 3 is 2.68 bits per heavy atom. The summed E-state index contributed by atoms with van der Waals surface area (Å²) in [4.78, 5) is 21.8. The lowest BCUT2D eigenvalue weighted by molar-refractivity contribution is -0.159. The first kappa shape index (κ1) is 19.3. The number of hydrogen-bond donors (Lipinski definition) is 4. The third-order valence-electron chi connectivity index (χ3n) is 4.11. The highest BCUT2D eigenvalue weighted by Gasteiger charge is 2.24. The Morgan fingerprint density at radius 1 is 1.28 bits per heavy atom. The normalized spacial score (nSPS) is 16.0. The molecular weight excluding hydrogens is 340 g/mol. The van der Waals surface area contributed by atoms with E-state index in [0.29, 0.717) is 5.92 Å². The molecule has 0 amide bonds. The van der Waals surface area contributed by atoms with Gasteiger partial charge in [-0.15, -0.1) is 11.8 Å². The number of carboxylic acid groups (broad SMARTS) is 2. The van der Waals surface area contributed by atoms with Crippen molar-refractivity contribution >= 4 is 34.6 Å². The van der Waals surface area contributed by atoms with Crippen LogP contribution in [0.3, 0.4) is 0 Å². The first-order chi connectivity index (χ1) is 12.0. The van der Waals surface area contributed by atoms with Crippen LogP contribution in [0.25, 0.3) is 10.9 Å². The minimum atomic E-state index is -1.82. The van der Waals surface area contributed by atoms with Crippen LogP contribution in [0.5, 0.6) is 0 Å². The van der Waals surface area contributed by atoms with Crippen LogP contribution >= 0.6 is 11.8 Å². The van der Waals surface area contributed by atoms with Crippen molar-refractivity contribution in [3.05, 3.63) is 29.8 Å². The number of nitrogens with one attached hydrogen (secondary N) is 2. The standard InChI is InChI=1S/C16H22N2S.C2H2O4/c1-2-3-9-17-11-12-8-10-19-16-15(12)13-6-4-5-7-14(13)18-16;3-1(4)2(5)6/h4-7,12,17-18H,2-3,8-11H2,1H3;(H,3,4)(H,5,6). The second kappa shape index (κ2) is 9.48. The van der Waals surface area contributed by atoms with Gasteiger partial charge in [0.05, 0.1) is 5.03 Å². The number of aliphatic carboxylic acids is 2. The van der Waals surface area contributed by atoms with Crippen molar-refractivity contribution in [3.8, 4) is 0 Å². The maximum absolute atomic E-state index is 9.10. The monoisotopic (exact) mass is 364 g/mol. The van der Waals surface area contributed by atoms with Crippen LogP contribution in [-0.2, 0) is 9.59 Å². The highest BCUT2D eigenvalue weighted by Crippen LogP contribution is 2.41. The maximum atomic E-state index is 9.10. The summed E-state index contributed by atoms with van der Waals surface area (Å²) in [6.45, 7) is 4.52. The quantitative estimate of drug-likeness (QED) is 0.480. The van der Waals surface area contributed by atoms with E-state index in [0.717, 1.165) is 13.1 Å². The zero-order valence-electron chi connectivity index (χ0n) is 14.2. The second-order valence-electron chi connectivity index (χ2n) is 5.92. The number of aromatic nitrogens is 1. The molecule has 0 spiro atoms. The van der Waals surface area contributed by atoms with Crippen LogP contribution in [0.4, 0.5) is 0 Å². The van der Waals surface area contributed by atoms with Gasteiger partial charge < -0.3 is 20.5 Å². The summed E-state index contributed by atoms with van der Waals surface area (Å²) in [5.41, 5.74) is 2.84. The molecule has 1 aromatic heterocycles. The van der Waals surface area contributed by atoms with Gasteiger partial charge in [-0.05, 0) is 31.0 Å². The van der Waals surface area contributed by atoms with Gasteiger partial charge >= 0.3 is 11.9 Å². The van der Waals surface area contributed by atoms with E-state index in [9.17, 15) is 0 Å². The number of hydrogen-bond acceptors (Lipinski definition) is 4. The minimum absolute atomic E-state index is 0.671. The van der Waals surface area contributed by atoms with E-state index >= 15 is 0 Å². The smallest absolute Gasteiger partial charge is 0.414 e. The molecule has 3 rings (SSSR count). The number of carboxylic acids is 2. The Labute approximate surface area is 151 Å². The summed E-state index contributed by atoms with van der Waals surface area (Å²) >= 11 is 1.98. The number of fused-ring (bicyclic) bond motifs is 3. The van der Waals surface area contributed by atoms with Gasteiger partial charge in [0.1, 0.15) is 0 Å². The number of para-hydroxylation sites is 1. The number of H-pyrrole nitrogens is 1. The van der Waals surface area contributed by atoms with Gasteiger partial charge in [-0.2, -0.15) is 0 Å². The first-order valence-electron chi connectivity index (χ1n) is 8.44. The average molecular weight is 364 g/mol. The number of unbranched alkanes of at least 4 members (excludes halogenated alkanes) is 1. The summed E-state index contributed by atoms with van der Waals surface area (Å²) in [6, 6.07) is 8.71. The van der Waals surface area contributed by atoms with Gasteiger partial charge in [-0.1, -0.05) is 31.5 Å². The molecule has 7 heteroatoms. The third-order valence-corrected chi connectivity index (χ3v) is 5.16. The number of rotatable bonds is 5. The molecule has 0 aliphatic carbocycles. The van der Waals surface area contributed by atoms with Gasteiger partial charge in [0.15, 0.2) is 0 Å². The summed E-state index contributed by atoms with van der Waals surface area (Å²) in [6.07, 6.45) is 3.84. The fourth-order valence-electron chi connectivity index (χ4n) is 2.89. The molecule has 1 aromatic carbocycles. The molecule has 0 bridgehead atoms. The van der Waals surface area contributed by atoms with E-state index < -0.39 is 11.9 Å². The van der Waals surface area contributed by atoms with Crippen LogP contribution in [0, 0.1) is 0 Å². The van der Waals surface area contributed by atoms with Crippen molar-refractivity contribution in [3.63, 3.8) is 0 Å². The minimum Gasteiger partial charge on any atom is -0.473 e. The molecule has 0 radical (unpaired) electrons. The molecule has 1 aliphatic rings. The van der Waals surface area contributed by atoms with E-state index in [1.54, 1.807) is 5.56 Å². The van der Waals surface area contributed by atoms with Crippen LogP contribution in [0.2, 0.25) is 0 Å². The van der Waals surface area contributed by atoms with Gasteiger partial charge in [-0.25, -0.2) is 9.59 Å². The second-order valence-corrected chi connectivity index (χ2v) is 7.02. The lowest BCUT2D eigenvalue weighted by Crippen LogP contribution is -2.24. The fraction of sp³-hybridized carbons (Fsp3) is 0.444. The molecule has 25 heavy (non-hydrogen) atoms. The first-order valence-corrected chi connectivity index (χ1v) is 9.43. The SMILES string of the molecule is CCCCNCC1CCSc2[nH]c3ccccc3c21.O=C(O)C(=O)O. The molecule has 136 valence electrons. The molecule has 2 heterocycles. The van der Waals surface area contributed by atoms with E-state index in [4.69, 9.17) is 19.8 Å². The van der Waals surface area contributed by atoms with E-state index in [1.165, 1.54) is 40.9 Å². The largest absolute Gasteiger partial charge is 0.473 e. The predicted octanol–water partition coefficient (Wildman–Crippen LogP) is 3.29. The lowest BCUT2D eigenvalue weighted by atomic mass is 9.95. The predicted molar refractivity (Wildman–Crippen MR) is 99.4 cm³/mol. The van der Waals surface area contributed by atoms with E-state index in [2.05, 4.69) is 41.5 Å². The highest BCUT2D eigenvalue weighted by atomic mass is 32.2. The van der Waals surface area contributed by atoms with Crippen molar-refractivity contribution in [2.24, 2.45) is 0 Å². The zero-order valence-corrected chi connectivity index (χ0v) is 15.1. The van der Waals surface area contributed by atoms with Crippen LogP contribution < -0.4 is 5.32 Å². The van der Waals surface area contributed by atoms with Crippen LogP contribution in [-0.4, -0.2) is 46.0 Å². The Morgan fingerprint density at radius 2 is 2.00 bits per heavy atom. The van der Waals surface area contributed by atoms with Crippen molar-refractivity contribution in [1.82, 2.24) is 10.3 Å². The number of benzene rings is 1. The topological polar surface area (TPSA) is 102 Å². The zero-order chi connectivity index (χ0) is 18.2. The van der Waals surface area contributed by atoms with Crippen LogP contribution in [0.1, 0.15) is 37.7 Å². The maximum Gasteiger partial charge on any atom is 0.414 e. The van der Waals surface area contributed by atoms with Crippen molar-refractivity contribution in [2.75, 3.05) is 18.8 Å². The number of thioether (sulfide) groups is 1. The molecular formula is C18H24N2O4S. The summed E-state index contributed by atoms with van der Waals surface area (Å²) < 4.78 is 0. The Kier molecular flexibility index (Phi) is 7.33. The Hall–Kier alpha value is -1.99. The Balaban J connectivity index is 0.000000326. The summed E-state index contributed by atoms with van der Waals surface area (Å²) in [7, 11) is 0. The fourth-order valence-corrected chi connectivity index (χ4v) is 4.11. The summed E-state index contributed by atoms with van der Waals surface area (Å²) in [5, 5.41) is 21.2. The average Bonchev–Trinajstić information content (AvgIpc) is 2.98. The molecule has 6 nitrogen and oxygen atoms in total. The van der Waals surface area contributed by atoms with E-state index in [-0.39, 0.29) is 0 Å². The van der Waals surface area contributed by atoms with Gasteiger partial charge in [0.2, 0.25) is 0 Å². The molecule has 0 saturated heterocycles. The highest BCUT2D eigenvalue weighted by molar-refractivity contribution is 7.99. The number of aromatic amines is 1. The molecule has 0 fully saturated rings.